The summed E-state index contributed by atoms with van der Waals surface area (Å²) in [7, 11) is 4.85. The van der Waals surface area contributed by atoms with Crippen LogP contribution in [-0.4, -0.2) is 77.8 Å². The van der Waals surface area contributed by atoms with Gasteiger partial charge in [0.1, 0.15) is 0 Å². The maximum Gasteiger partial charge on any atom is 0.433 e. The summed E-state index contributed by atoms with van der Waals surface area (Å²) < 4.78 is 52.7. The molecule has 11 heteroatoms. The quantitative estimate of drug-likeness (QED) is 0.610. The van der Waals surface area contributed by atoms with Crippen LogP contribution in [0.25, 0.3) is 16.9 Å². The van der Waals surface area contributed by atoms with E-state index in [0.29, 0.717) is 47.8 Å². The van der Waals surface area contributed by atoms with Crippen molar-refractivity contribution in [2.24, 2.45) is 0 Å². The zero-order valence-corrected chi connectivity index (χ0v) is 17.8. The molecule has 0 aliphatic carbocycles. The minimum absolute atomic E-state index is 0.0675. The number of hydrogen-bond donors (Lipinski definition) is 0. The van der Waals surface area contributed by atoms with Crippen molar-refractivity contribution in [2.75, 3.05) is 47.4 Å². The highest BCUT2D eigenvalue weighted by molar-refractivity contribution is 5.93. The van der Waals surface area contributed by atoms with Crippen LogP contribution in [0.3, 0.4) is 0 Å². The molecule has 1 amide bonds. The molecule has 2 aromatic heterocycles. The number of hydrogen-bond acceptors (Lipinski definition) is 6. The number of ether oxygens (including phenoxy) is 2. The summed E-state index contributed by atoms with van der Waals surface area (Å²) in [5.74, 6) is 0.391. The van der Waals surface area contributed by atoms with Crippen molar-refractivity contribution in [1.29, 1.82) is 0 Å². The van der Waals surface area contributed by atoms with E-state index in [1.165, 1.54) is 20.3 Å². The molecule has 1 aliphatic rings. The molecule has 32 heavy (non-hydrogen) atoms. The normalized spacial score (nSPS) is 15.2. The third-order valence-electron chi connectivity index (χ3n) is 5.41. The number of benzene rings is 1. The highest BCUT2D eigenvalue weighted by Gasteiger charge is 2.36. The fraction of sp³-hybridized carbons (Fsp3) is 0.381. The van der Waals surface area contributed by atoms with E-state index >= 15 is 0 Å². The Hall–Kier alpha value is -3.34. The molecule has 1 aromatic carbocycles. The third-order valence-corrected chi connectivity index (χ3v) is 5.41. The van der Waals surface area contributed by atoms with Crippen LogP contribution in [0.2, 0.25) is 0 Å². The number of piperazine rings is 1. The second kappa shape index (κ2) is 8.30. The first-order chi connectivity index (χ1) is 15.2. The number of aromatic nitrogens is 3. The molecule has 0 N–H and O–H groups in total. The average molecular weight is 449 g/mol. The highest BCUT2D eigenvalue weighted by Crippen LogP contribution is 2.35. The van der Waals surface area contributed by atoms with Gasteiger partial charge in [0.05, 0.1) is 19.9 Å². The van der Waals surface area contributed by atoms with Crippen LogP contribution in [0.5, 0.6) is 11.5 Å². The summed E-state index contributed by atoms with van der Waals surface area (Å²) in [6.07, 6.45) is -4.70. The standard InChI is InChI=1S/C21H22F3N5O3/c1-27-6-8-28(9-7-27)20(30)15-12-19-25-14(11-18(21(22,23)24)29(19)26-15)13-4-5-16(31-2)17(10-13)32-3/h4-5,10-12H,6-9H2,1-3H3. The first-order valence-electron chi connectivity index (χ1n) is 9.89. The second-order valence-electron chi connectivity index (χ2n) is 7.49. The molecule has 0 bridgehead atoms. The van der Waals surface area contributed by atoms with Crippen LogP contribution in [0.4, 0.5) is 13.2 Å². The Morgan fingerprint density at radius 1 is 1.00 bits per heavy atom. The Kier molecular flexibility index (Phi) is 5.68. The molecule has 1 aliphatic heterocycles. The van der Waals surface area contributed by atoms with Crippen LogP contribution in [0.1, 0.15) is 16.2 Å². The van der Waals surface area contributed by atoms with E-state index < -0.39 is 17.8 Å². The maximum absolute atomic E-state index is 13.9. The van der Waals surface area contributed by atoms with Crippen molar-refractivity contribution >= 4 is 11.6 Å². The van der Waals surface area contributed by atoms with Crippen LogP contribution < -0.4 is 9.47 Å². The lowest BCUT2D eigenvalue weighted by Gasteiger charge is -2.31. The number of halogens is 3. The number of methoxy groups -OCH3 is 2. The molecule has 8 nitrogen and oxygen atoms in total. The lowest BCUT2D eigenvalue weighted by Crippen LogP contribution is -2.47. The summed E-state index contributed by atoms with van der Waals surface area (Å²) >= 11 is 0. The third kappa shape index (κ3) is 4.07. The molecule has 4 rings (SSSR count). The monoisotopic (exact) mass is 449 g/mol. The SMILES string of the molecule is COc1ccc(-c2cc(C(F)(F)F)n3nc(C(=O)N4CCN(C)CC4)cc3n2)cc1OC. The van der Waals surface area contributed by atoms with Gasteiger partial charge in [0.15, 0.2) is 28.5 Å². The fourth-order valence-electron chi connectivity index (χ4n) is 3.60. The first kappa shape index (κ1) is 21.9. The van der Waals surface area contributed by atoms with E-state index in [1.54, 1.807) is 23.1 Å². The van der Waals surface area contributed by atoms with Gasteiger partial charge in [-0.3, -0.25) is 4.79 Å². The van der Waals surface area contributed by atoms with Gasteiger partial charge in [0, 0.05) is 37.8 Å². The van der Waals surface area contributed by atoms with E-state index in [2.05, 4.69) is 15.0 Å². The summed E-state index contributed by atoms with van der Waals surface area (Å²) in [4.78, 5) is 20.8. The van der Waals surface area contributed by atoms with E-state index in [1.807, 2.05) is 7.05 Å². The van der Waals surface area contributed by atoms with Gasteiger partial charge in [-0.1, -0.05) is 0 Å². The largest absolute Gasteiger partial charge is 0.493 e. The molecule has 0 unspecified atom stereocenters. The highest BCUT2D eigenvalue weighted by atomic mass is 19.4. The van der Waals surface area contributed by atoms with E-state index in [9.17, 15) is 18.0 Å². The Labute approximate surface area is 182 Å². The van der Waals surface area contributed by atoms with Crippen LogP contribution in [0.15, 0.2) is 30.3 Å². The number of nitrogens with zero attached hydrogens (tertiary/aromatic N) is 5. The van der Waals surface area contributed by atoms with E-state index in [4.69, 9.17) is 9.47 Å². The number of amides is 1. The van der Waals surface area contributed by atoms with Gasteiger partial charge in [-0.2, -0.15) is 18.3 Å². The Balaban J connectivity index is 1.79. The molecule has 3 aromatic rings. The number of likely N-dealkylation sites (N-methyl/N-ethyl adjacent to an activating group) is 1. The lowest BCUT2D eigenvalue weighted by molar-refractivity contribution is -0.142. The van der Waals surface area contributed by atoms with Gasteiger partial charge in [0.2, 0.25) is 0 Å². The molecular formula is C21H22F3N5O3. The van der Waals surface area contributed by atoms with E-state index in [-0.39, 0.29) is 17.0 Å². The van der Waals surface area contributed by atoms with Crippen molar-refractivity contribution in [2.45, 2.75) is 6.18 Å². The summed E-state index contributed by atoms with van der Waals surface area (Å²) in [5, 5.41) is 3.95. The zero-order valence-electron chi connectivity index (χ0n) is 17.8. The molecule has 0 radical (unpaired) electrons. The molecule has 0 spiro atoms. The maximum atomic E-state index is 13.9. The topological polar surface area (TPSA) is 72.2 Å². The van der Waals surface area contributed by atoms with Crippen molar-refractivity contribution in [3.63, 3.8) is 0 Å². The summed E-state index contributed by atoms with van der Waals surface area (Å²) in [5.41, 5.74) is -0.683. The van der Waals surface area contributed by atoms with Gasteiger partial charge in [-0.25, -0.2) is 9.50 Å². The van der Waals surface area contributed by atoms with Crippen molar-refractivity contribution in [3.8, 4) is 22.8 Å². The molecular weight excluding hydrogens is 427 g/mol. The van der Waals surface area contributed by atoms with E-state index in [0.717, 1.165) is 6.07 Å². The predicted octanol–water partition coefficient (Wildman–Crippen LogP) is 2.82. The van der Waals surface area contributed by atoms with Gasteiger partial charge in [-0.05, 0) is 31.3 Å². The number of alkyl halides is 3. The Bertz CT molecular complexity index is 1150. The van der Waals surface area contributed by atoms with Crippen molar-refractivity contribution < 1.29 is 27.4 Å². The second-order valence-corrected chi connectivity index (χ2v) is 7.49. The Morgan fingerprint density at radius 3 is 2.31 bits per heavy atom. The molecule has 0 atom stereocenters. The fourth-order valence-corrected chi connectivity index (χ4v) is 3.60. The summed E-state index contributed by atoms with van der Waals surface area (Å²) in [6.45, 7) is 2.35. The van der Waals surface area contributed by atoms with Crippen LogP contribution in [0, 0.1) is 0 Å². The number of fused-ring (bicyclic) bond motifs is 1. The lowest BCUT2D eigenvalue weighted by atomic mass is 10.1. The van der Waals surface area contributed by atoms with Crippen molar-refractivity contribution in [1.82, 2.24) is 24.4 Å². The average Bonchev–Trinajstić information content (AvgIpc) is 3.21. The minimum atomic E-state index is -4.70. The summed E-state index contributed by atoms with van der Waals surface area (Å²) in [6, 6.07) is 6.93. The number of carbonyl (C=O) groups is 1. The number of rotatable bonds is 4. The van der Waals surface area contributed by atoms with Gasteiger partial charge >= 0.3 is 6.18 Å². The first-order valence-corrected chi connectivity index (χ1v) is 9.89. The van der Waals surface area contributed by atoms with Gasteiger partial charge in [-0.15, -0.1) is 0 Å². The van der Waals surface area contributed by atoms with Crippen LogP contribution >= 0.6 is 0 Å². The molecule has 1 fully saturated rings. The van der Waals surface area contributed by atoms with Gasteiger partial charge in [0.25, 0.3) is 5.91 Å². The van der Waals surface area contributed by atoms with Crippen molar-refractivity contribution in [3.05, 3.63) is 41.7 Å². The zero-order chi connectivity index (χ0) is 23.0. The molecule has 0 saturated carbocycles. The molecule has 170 valence electrons. The Morgan fingerprint density at radius 2 is 1.69 bits per heavy atom. The molecule has 1 saturated heterocycles. The minimum Gasteiger partial charge on any atom is -0.493 e. The molecule has 3 heterocycles. The predicted molar refractivity (Wildman–Crippen MR) is 110 cm³/mol. The van der Waals surface area contributed by atoms with Gasteiger partial charge < -0.3 is 19.3 Å². The smallest absolute Gasteiger partial charge is 0.433 e. The number of carbonyl (C=O) groups excluding carboxylic acids is 1. The van der Waals surface area contributed by atoms with Crippen LogP contribution in [-0.2, 0) is 6.18 Å².